The largest absolute Gasteiger partial charge is 0.497 e. The second-order valence-corrected chi connectivity index (χ2v) is 6.68. The van der Waals surface area contributed by atoms with Crippen molar-refractivity contribution in [2.24, 2.45) is 0 Å². The fourth-order valence-corrected chi connectivity index (χ4v) is 3.37. The number of benzene rings is 2. The summed E-state index contributed by atoms with van der Waals surface area (Å²) in [5.41, 5.74) is 2.58. The van der Waals surface area contributed by atoms with Crippen molar-refractivity contribution < 1.29 is 9.53 Å². The molecule has 0 fully saturated rings. The predicted molar refractivity (Wildman–Crippen MR) is 102 cm³/mol. The number of hydrogen-bond donors (Lipinski definition) is 1. The van der Waals surface area contributed by atoms with Gasteiger partial charge in [-0.15, -0.1) is 11.3 Å². The molecule has 0 spiro atoms. The van der Waals surface area contributed by atoms with Crippen LogP contribution in [0.25, 0.3) is 10.6 Å². The molecule has 0 atom stereocenters. The number of methoxy groups -OCH3 is 1. The Balaban J connectivity index is 1.55. The summed E-state index contributed by atoms with van der Waals surface area (Å²) >= 11 is 7.49. The van der Waals surface area contributed by atoms with Crippen molar-refractivity contribution in [2.75, 3.05) is 13.7 Å². The van der Waals surface area contributed by atoms with Gasteiger partial charge in [-0.05, 0) is 42.5 Å². The topological polar surface area (TPSA) is 51.2 Å². The number of halogens is 1. The molecule has 0 aliphatic rings. The third-order valence-electron chi connectivity index (χ3n) is 3.64. The Labute approximate surface area is 155 Å². The van der Waals surface area contributed by atoms with Crippen LogP contribution in [0.2, 0.25) is 5.02 Å². The Morgan fingerprint density at radius 3 is 2.76 bits per heavy atom. The normalized spacial score (nSPS) is 10.5. The number of nitrogens with zero attached hydrogens (tertiary/aromatic N) is 1. The van der Waals surface area contributed by atoms with Crippen LogP contribution in [0.1, 0.15) is 16.1 Å². The summed E-state index contributed by atoms with van der Waals surface area (Å²) < 4.78 is 5.16. The van der Waals surface area contributed by atoms with Gasteiger partial charge in [-0.3, -0.25) is 4.79 Å². The van der Waals surface area contributed by atoms with E-state index in [9.17, 15) is 4.79 Å². The van der Waals surface area contributed by atoms with Gasteiger partial charge in [-0.1, -0.05) is 17.7 Å². The third kappa shape index (κ3) is 4.59. The van der Waals surface area contributed by atoms with Crippen LogP contribution in [0, 0.1) is 0 Å². The number of nitrogens with one attached hydrogen (secondary N) is 1. The Morgan fingerprint density at radius 2 is 2.04 bits per heavy atom. The molecule has 6 heteroatoms. The molecule has 0 saturated heterocycles. The summed E-state index contributed by atoms with van der Waals surface area (Å²) in [7, 11) is 1.65. The Bertz CT molecular complexity index is 862. The van der Waals surface area contributed by atoms with Crippen LogP contribution >= 0.6 is 22.9 Å². The fourth-order valence-electron chi connectivity index (χ4n) is 2.32. The number of ether oxygens (including phenoxy) is 1. The minimum Gasteiger partial charge on any atom is -0.497 e. The van der Waals surface area contributed by atoms with E-state index in [2.05, 4.69) is 10.3 Å². The van der Waals surface area contributed by atoms with Gasteiger partial charge in [-0.25, -0.2) is 4.98 Å². The molecule has 1 N–H and O–H groups in total. The van der Waals surface area contributed by atoms with Crippen LogP contribution in [0.4, 0.5) is 0 Å². The molecule has 0 bridgehead atoms. The first-order valence-corrected chi connectivity index (χ1v) is 9.04. The van der Waals surface area contributed by atoms with Crippen molar-refractivity contribution in [2.45, 2.75) is 6.42 Å². The summed E-state index contributed by atoms with van der Waals surface area (Å²) in [6.45, 7) is 0.525. The Morgan fingerprint density at radius 1 is 1.24 bits per heavy atom. The maximum atomic E-state index is 12.1. The second kappa shape index (κ2) is 8.14. The maximum absolute atomic E-state index is 12.1. The number of hydrogen-bond acceptors (Lipinski definition) is 4. The lowest BCUT2D eigenvalue weighted by atomic mass is 10.2. The maximum Gasteiger partial charge on any atom is 0.251 e. The monoisotopic (exact) mass is 372 g/mol. The van der Waals surface area contributed by atoms with Crippen LogP contribution in [-0.4, -0.2) is 24.5 Å². The number of rotatable bonds is 6. The number of carbonyl (C=O) groups excluding carboxylic acids is 1. The van der Waals surface area contributed by atoms with Crippen molar-refractivity contribution in [1.82, 2.24) is 10.3 Å². The molecule has 1 heterocycles. The number of carbonyl (C=O) groups is 1. The van der Waals surface area contributed by atoms with Crippen molar-refractivity contribution >= 4 is 28.8 Å². The molecule has 3 rings (SSSR count). The minimum atomic E-state index is -0.131. The minimum absolute atomic E-state index is 0.131. The van der Waals surface area contributed by atoms with E-state index in [1.54, 1.807) is 42.7 Å². The van der Waals surface area contributed by atoms with Gasteiger partial charge in [0.15, 0.2) is 0 Å². The molecule has 4 nitrogen and oxygen atoms in total. The molecule has 0 aliphatic heterocycles. The molecule has 0 radical (unpaired) electrons. The number of amides is 1. The number of thiazole rings is 1. The van der Waals surface area contributed by atoms with E-state index in [0.29, 0.717) is 23.6 Å². The SMILES string of the molecule is COc1ccc(-c2nc(CCNC(=O)c3cccc(Cl)c3)cs2)cc1. The Kier molecular flexibility index (Phi) is 5.68. The molecular formula is C19H17ClN2O2S. The summed E-state index contributed by atoms with van der Waals surface area (Å²) in [6.07, 6.45) is 0.680. The highest BCUT2D eigenvalue weighted by molar-refractivity contribution is 7.13. The van der Waals surface area contributed by atoms with Crippen LogP contribution < -0.4 is 10.1 Å². The summed E-state index contributed by atoms with van der Waals surface area (Å²) in [6, 6.07) is 14.7. The molecule has 1 amide bonds. The molecule has 2 aromatic carbocycles. The van der Waals surface area contributed by atoms with Gasteiger partial charge in [0.1, 0.15) is 10.8 Å². The lowest BCUT2D eigenvalue weighted by Crippen LogP contribution is -2.25. The van der Waals surface area contributed by atoms with E-state index in [1.807, 2.05) is 29.6 Å². The van der Waals surface area contributed by atoms with E-state index in [-0.39, 0.29) is 5.91 Å². The van der Waals surface area contributed by atoms with Gasteiger partial charge in [-0.2, -0.15) is 0 Å². The van der Waals surface area contributed by atoms with Gasteiger partial charge in [0.25, 0.3) is 5.91 Å². The average molecular weight is 373 g/mol. The summed E-state index contributed by atoms with van der Waals surface area (Å²) in [4.78, 5) is 16.7. The van der Waals surface area contributed by atoms with Crippen molar-refractivity contribution in [3.63, 3.8) is 0 Å². The van der Waals surface area contributed by atoms with E-state index >= 15 is 0 Å². The zero-order valence-corrected chi connectivity index (χ0v) is 15.2. The molecule has 0 unspecified atom stereocenters. The van der Waals surface area contributed by atoms with Crippen molar-refractivity contribution in [3.05, 3.63) is 70.2 Å². The lowest BCUT2D eigenvalue weighted by Gasteiger charge is -2.04. The van der Waals surface area contributed by atoms with Crippen LogP contribution in [0.15, 0.2) is 53.9 Å². The molecular weight excluding hydrogens is 356 g/mol. The average Bonchev–Trinajstić information content (AvgIpc) is 3.10. The lowest BCUT2D eigenvalue weighted by molar-refractivity contribution is 0.0954. The zero-order valence-electron chi connectivity index (χ0n) is 13.7. The van der Waals surface area contributed by atoms with Crippen molar-refractivity contribution in [1.29, 1.82) is 0 Å². The fraction of sp³-hybridized carbons (Fsp3) is 0.158. The molecule has 0 saturated carbocycles. The van der Waals surface area contributed by atoms with Crippen molar-refractivity contribution in [3.8, 4) is 16.3 Å². The molecule has 3 aromatic rings. The van der Waals surface area contributed by atoms with E-state index in [0.717, 1.165) is 22.0 Å². The second-order valence-electron chi connectivity index (χ2n) is 5.39. The quantitative estimate of drug-likeness (QED) is 0.695. The van der Waals surface area contributed by atoms with Gasteiger partial charge < -0.3 is 10.1 Å². The molecule has 1 aromatic heterocycles. The van der Waals surface area contributed by atoms with Gasteiger partial charge in [0.2, 0.25) is 0 Å². The van der Waals surface area contributed by atoms with E-state index in [4.69, 9.17) is 16.3 Å². The highest BCUT2D eigenvalue weighted by atomic mass is 35.5. The van der Waals surface area contributed by atoms with Crippen LogP contribution in [0.3, 0.4) is 0 Å². The van der Waals surface area contributed by atoms with Crippen LogP contribution in [-0.2, 0) is 6.42 Å². The third-order valence-corrected chi connectivity index (χ3v) is 4.82. The highest BCUT2D eigenvalue weighted by Crippen LogP contribution is 2.25. The standard InChI is InChI=1S/C19H17ClN2O2S/c1-24-17-7-5-13(6-8-17)19-22-16(12-25-19)9-10-21-18(23)14-3-2-4-15(20)11-14/h2-8,11-12H,9-10H2,1H3,(H,21,23). The predicted octanol–water partition coefficient (Wildman–Crippen LogP) is 4.44. The Hall–Kier alpha value is -2.37. The summed E-state index contributed by atoms with van der Waals surface area (Å²) in [5, 5.41) is 6.42. The van der Waals surface area contributed by atoms with Gasteiger partial charge in [0, 0.05) is 34.5 Å². The zero-order chi connectivity index (χ0) is 17.6. The van der Waals surface area contributed by atoms with Gasteiger partial charge >= 0.3 is 0 Å². The van der Waals surface area contributed by atoms with E-state index < -0.39 is 0 Å². The summed E-state index contributed by atoms with van der Waals surface area (Å²) in [5.74, 6) is 0.692. The highest BCUT2D eigenvalue weighted by Gasteiger charge is 2.08. The van der Waals surface area contributed by atoms with Crippen LogP contribution in [0.5, 0.6) is 5.75 Å². The van der Waals surface area contributed by atoms with E-state index in [1.165, 1.54) is 0 Å². The number of aromatic nitrogens is 1. The first kappa shape index (κ1) is 17.5. The molecule has 25 heavy (non-hydrogen) atoms. The first-order chi connectivity index (χ1) is 12.2. The van der Waals surface area contributed by atoms with Gasteiger partial charge in [0.05, 0.1) is 12.8 Å². The first-order valence-electron chi connectivity index (χ1n) is 7.78. The molecule has 128 valence electrons. The smallest absolute Gasteiger partial charge is 0.251 e. The molecule has 0 aliphatic carbocycles.